The van der Waals surface area contributed by atoms with E-state index in [1.165, 1.54) is 16.7 Å². The van der Waals surface area contributed by atoms with E-state index in [9.17, 15) is 9.90 Å². The molecule has 1 N–H and O–H groups in total. The SMILES string of the molecule is Cc1ccc(C(c2cccc(C)c2)N2CCCC2C(=O)O)cc1. The summed E-state index contributed by atoms with van der Waals surface area (Å²) in [7, 11) is 0. The number of aryl methyl sites for hydroxylation is 2. The van der Waals surface area contributed by atoms with Crippen LogP contribution in [0, 0.1) is 13.8 Å². The van der Waals surface area contributed by atoms with Crippen molar-refractivity contribution < 1.29 is 9.90 Å². The van der Waals surface area contributed by atoms with E-state index in [4.69, 9.17) is 0 Å². The van der Waals surface area contributed by atoms with E-state index in [-0.39, 0.29) is 6.04 Å². The first kappa shape index (κ1) is 15.8. The summed E-state index contributed by atoms with van der Waals surface area (Å²) in [5.41, 5.74) is 4.75. The van der Waals surface area contributed by atoms with E-state index >= 15 is 0 Å². The molecule has 120 valence electrons. The van der Waals surface area contributed by atoms with Crippen LogP contribution < -0.4 is 0 Å². The van der Waals surface area contributed by atoms with Crippen molar-refractivity contribution >= 4 is 5.97 Å². The number of carboxylic acid groups (broad SMARTS) is 1. The highest BCUT2D eigenvalue weighted by Crippen LogP contribution is 2.35. The van der Waals surface area contributed by atoms with E-state index in [0.717, 1.165) is 24.9 Å². The monoisotopic (exact) mass is 309 g/mol. The number of rotatable bonds is 4. The second-order valence-corrected chi connectivity index (χ2v) is 6.46. The lowest BCUT2D eigenvalue weighted by Gasteiger charge is -2.32. The van der Waals surface area contributed by atoms with Gasteiger partial charge in [0, 0.05) is 6.54 Å². The number of likely N-dealkylation sites (tertiary alicyclic amines) is 1. The van der Waals surface area contributed by atoms with Crippen molar-refractivity contribution in [2.24, 2.45) is 0 Å². The molecule has 2 aromatic rings. The summed E-state index contributed by atoms with van der Waals surface area (Å²) in [6.07, 6.45) is 1.66. The summed E-state index contributed by atoms with van der Waals surface area (Å²) in [5, 5.41) is 9.58. The van der Waals surface area contributed by atoms with Gasteiger partial charge in [-0.05, 0) is 37.8 Å². The summed E-state index contributed by atoms with van der Waals surface area (Å²) in [6.45, 7) is 4.97. The number of carboxylic acids is 1. The first-order valence-electron chi connectivity index (χ1n) is 8.18. The predicted molar refractivity (Wildman–Crippen MR) is 91.6 cm³/mol. The molecule has 0 bridgehead atoms. The van der Waals surface area contributed by atoms with Crippen molar-refractivity contribution in [2.75, 3.05) is 6.54 Å². The number of aliphatic carboxylic acids is 1. The van der Waals surface area contributed by atoms with Crippen LogP contribution in [0.2, 0.25) is 0 Å². The van der Waals surface area contributed by atoms with Gasteiger partial charge in [-0.3, -0.25) is 9.69 Å². The molecule has 1 aliphatic rings. The Morgan fingerprint density at radius 3 is 2.48 bits per heavy atom. The molecule has 2 atom stereocenters. The molecular weight excluding hydrogens is 286 g/mol. The zero-order chi connectivity index (χ0) is 16.4. The Bertz CT molecular complexity index is 693. The molecule has 1 fully saturated rings. The number of benzene rings is 2. The molecule has 23 heavy (non-hydrogen) atoms. The molecule has 1 heterocycles. The minimum absolute atomic E-state index is 0.000833. The zero-order valence-electron chi connectivity index (χ0n) is 13.7. The van der Waals surface area contributed by atoms with E-state index in [1.54, 1.807) is 0 Å². The topological polar surface area (TPSA) is 40.5 Å². The van der Waals surface area contributed by atoms with Crippen molar-refractivity contribution in [3.8, 4) is 0 Å². The molecule has 1 saturated heterocycles. The molecule has 0 radical (unpaired) electrons. The highest BCUT2D eigenvalue weighted by Gasteiger charge is 2.36. The van der Waals surface area contributed by atoms with Crippen LogP contribution in [0.15, 0.2) is 48.5 Å². The van der Waals surface area contributed by atoms with Gasteiger partial charge in [-0.2, -0.15) is 0 Å². The summed E-state index contributed by atoms with van der Waals surface area (Å²) >= 11 is 0. The Balaban J connectivity index is 2.06. The lowest BCUT2D eigenvalue weighted by atomic mass is 9.94. The van der Waals surface area contributed by atoms with Gasteiger partial charge in [0.25, 0.3) is 0 Å². The standard InChI is InChI=1S/C20H23NO2/c1-14-8-10-16(11-9-14)19(17-6-3-5-15(2)13-17)21-12-4-7-18(21)20(22)23/h3,5-6,8-11,13,18-19H,4,7,12H2,1-2H3,(H,22,23). The largest absolute Gasteiger partial charge is 0.480 e. The van der Waals surface area contributed by atoms with Gasteiger partial charge in [0.05, 0.1) is 6.04 Å². The molecule has 0 amide bonds. The molecule has 1 aliphatic heterocycles. The Kier molecular flexibility index (Phi) is 4.49. The highest BCUT2D eigenvalue weighted by molar-refractivity contribution is 5.74. The van der Waals surface area contributed by atoms with Crippen LogP contribution >= 0.6 is 0 Å². The third-order valence-electron chi connectivity index (χ3n) is 4.66. The van der Waals surface area contributed by atoms with Gasteiger partial charge in [-0.1, -0.05) is 59.7 Å². The van der Waals surface area contributed by atoms with Gasteiger partial charge in [-0.25, -0.2) is 0 Å². The van der Waals surface area contributed by atoms with Crippen molar-refractivity contribution in [3.05, 3.63) is 70.8 Å². The Morgan fingerprint density at radius 1 is 1.09 bits per heavy atom. The number of nitrogens with zero attached hydrogens (tertiary/aromatic N) is 1. The van der Waals surface area contributed by atoms with Crippen LogP contribution in [0.1, 0.15) is 41.1 Å². The molecule has 0 spiro atoms. The molecule has 0 saturated carbocycles. The molecule has 0 aromatic heterocycles. The van der Waals surface area contributed by atoms with E-state index in [1.807, 2.05) is 0 Å². The number of carbonyl (C=O) groups is 1. The van der Waals surface area contributed by atoms with E-state index < -0.39 is 12.0 Å². The number of hydrogen-bond acceptors (Lipinski definition) is 2. The summed E-state index contributed by atoms with van der Waals surface area (Å²) in [4.78, 5) is 13.8. The lowest BCUT2D eigenvalue weighted by Crippen LogP contribution is -2.39. The fraction of sp³-hybridized carbons (Fsp3) is 0.350. The quantitative estimate of drug-likeness (QED) is 0.930. The number of hydrogen-bond donors (Lipinski definition) is 1. The van der Waals surface area contributed by atoms with Gasteiger partial charge in [-0.15, -0.1) is 0 Å². The van der Waals surface area contributed by atoms with Crippen molar-refractivity contribution in [1.82, 2.24) is 4.90 Å². The maximum absolute atomic E-state index is 11.7. The van der Waals surface area contributed by atoms with Gasteiger partial charge in [0.1, 0.15) is 6.04 Å². The maximum Gasteiger partial charge on any atom is 0.320 e. The molecule has 3 nitrogen and oxygen atoms in total. The van der Waals surface area contributed by atoms with Crippen molar-refractivity contribution in [2.45, 2.75) is 38.8 Å². The lowest BCUT2D eigenvalue weighted by molar-refractivity contribution is -0.142. The molecule has 2 aromatic carbocycles. The average molecular weight is 309 g/mol. The summed E-state index contributed by atoms with van der Waals surface area (Å²) in [5.74, 6) is -0.715. The van der Waals surface area contributed by atoms with E-state index in [2.05, 4.69) is 67.3 Å². The predicted octanol–water partition coefficient (Wildman–Crippen LogP) is 3.94. The van der Waals surface area contributed by atoms with E-state index in [0.29, 0.717) is 0 Å². The minimum atomic E-state index is -0.715. The van der Waals surface area contributed by atoms with Gasteiger partial charge < -0.3 is 5.11 Å². The molecular formula is C20H23NO2. The third kappa shape index (κ3) is 3.30. The van der Waals surface area contributed by atoms with Crippen molar-refractivity contribution in [1.29, 1.82) is 0 Å². The molecule has 0 aliphatic carbocycles. The normalized spacial score (nSPS) is 19.7. The second-order valence-electron chi connectivity index (χ2n) is 6.46. The van der Waals surface area contributed by atoms with Crippen LogP contribution in [-0.4, -0.2) is 28.6 Å². The van der Waals surface area contributed by atoms with Crippen LogP contribution in [0.3, 0.4) is 0 Å². The summed E-state index contributed by atoms with van der Waals surface area (Å²) < 4.78 is 0. The maximum atomic E-state index is 11.7. The Labute approximate surface area is 137 Å². The van der Waals surface area contributed by atoms with Gasteiger partial charge in [0.15, 0.2) is 0 Å². The molecule has 3 heteroatoms. The van der Waals surface area contributed by atoms with Crippen molar-refractivity contribution in [3.63, 3.8) is 0 Å². The average Bonchev–Trinajstić information content (AvgIpc) is 2.99. The Hall–Kier alpha value is -2.13. The summed E-state index contributed by atoms with van der Waals surface area (Å²) in [6, 6.07) is 16.5. The first-order valence-corrected chi connectivity index (χ1v) is 8.18. The van der Waals surface area contributed by atoms with Crippen LogP contribution in [0.5, 0.6) is 0 Å². The van der Waals surface area contributed by atoms with Gasteiger partial charge in [0.2, 0.25) is 0 Å². The molecule has 2 unspecified atom stereocenters. The highest BCUT2D eigenvalue weighted by atomic mass is 16.4. The molecule has 3 rings (SSSR count). The third-order valence-corrected chi connectivity index (χ3v) is 4.66. The fourth-order valence-corrected chi connectivity index (χ4v) is 3.53. The van der Waals surface area contributed by atoms with Gasteiger partial charge >= 0.3 is 5.97 Å². The smallest absolute Gasteiger partial charge is 0.320 e. The first-order chi connectivity index (χ1) is 11.1. The second kappa shape index (κ2) is 6.55. The fourth-order valence-electron chi connectivity index (χ4n) is 3.53. The minimum Gasteiger partial charge on any atom is -0.480 e. The van der Waals surface area contributed by atoms with Crippen LogP contribution in [0.25, 0.3) is 0 Å². The Morgan fingerprint density at radius 2 is 1.83 bits per heavy atom. The van der Waals surface area contributed by atoms with Crippen LogP contribution in [0.4, 0.5) is 0 Å². The zero-order valence-corrected chi connectivity index (χ0v) is 13.7. The van der Waals surface area contributed by atoms with Crippen LogP contribution in [-0.2, 0) is 4.79 Å².